The maximum atomic E-state index is 11.9. The Kier molecular flexibility index (Phi) is 3.84. The van der Waals surface area contributed by atoms with Crippen LogP contribution in [0, 0.1) is 0 Å². The van der Waals surface area contributed by atoms with Crippen molar-refractivity contribution in [2.45, 2.75) is 18.5 Å². The van der Waals surface area contributed by atoms with Gasteiger partial charge in [-0.2, -0.15) is 5.06 Å². The number of hydroxylamine groups is 2. The predicted molar refractivity (Wildman–Crippen MR) is 63.7 cm³/mol. The summed E-state index contributed by atoms with van der Waals surface area (Å²) < 4.78 is 4.49. The molecule has 0 bridgehead atoms. The van der Waals surface area contributed by atoms with Gasteiger partial charge in [0.15, 0.2) is 6.23 Å². The van der Waals surface area contributed by atoms with Crippen LogP contribution in [0.5, 0.6) is 0 Å². The molecule has 0 spiro atoms. The van der Waals surface area contributed by atoms with Crippen LogP contribution in [0.3, 0.4) is 0 Å². The molecule has 0 N–H and O–H groups in total. The molecule has 1 atom stereocenters. The van der Waals surface area contributed by atoms with Gasteiger partial charge in [-0.3, -0.25) is 9.59 Å². The van der Waals surface area contributed by atoms with Crippen LogP contribution >= 0.6 is 11.6 Å². The second-order valence-corrected chi connectivity index (χ2v) is 4.07. The Hall–Kier alpha value is -1.59. The zero-order chi connectivity index (χ0) is 13.1. The molecule has 2 rings (SSSR count). The number of carbonyl (C=O) groups excluding carboxylic acids is 2. The van der Waals surface area contributed by atoms with Gasteiger partial charge < -0.3 is 4.74 Å². The van der Waals surface area contributed by atoms with Gasteiger partial charge in [-0.1, -0.05) is 12.1 Å². The van der Waals surface area contributed by atoms with Crippen LogP contribution < -0.4 is 0 Å². The standard InChI is InChI=1S/C12H12ClNO4/c1-17-11(15)6-10-14(18-10)12(16)9-4-2-8(7-13)3-5-9/h2-5,10H,6-7H2,1H3. The van der Waals surface area contributed by atoms with E-state index < -0.39 is 12.2 Å². The zero-order valence-corrected chi connectivity index (χ0v) is 10.5. The minimum absolute atomic E-state index is 0.0437. The van der Waals surface area contributed by atoms with Crippen LogP contribution in [0.15, 0.2) is 24.3 Å². The number of benzene rings is 1. The lowest BCUT2D eigenvalue weighted by molar-refractivity contribution is -0.140. The first-order chi connectivity index (χ1) is 8.65. The fraction of sp³-hybridized carbons (Fsp3) is 0.333. The van der Waals surface area contributed by atoms with E-state index in [9.17, 15) is 9.59 Å². The number of methoxy groups -OCH3 is 1. The summed E-state index contributed by atoms with van der Waals surface area (Å²) in [5.41, 5.74) is 1.43. The van der Waals surface area contributed by atoms with E-state index in [1.54, 1.807) is 24.3 Å². The number of halogens is 1. The van der Waals surface area contributed by atoms with Crippen molar-refractivity contribution in [1.82, 2.24) is 5.06 Å². The number of nitrogens with zero attached hydrogens (tertiary/aromatic N) is 1. The number of hydrogen-bond acceptors (Lipinski definition) is 4. The molecule has 1 saturated heterocycles. The molecule has 1 aliphatic heterocycles. The second-order valence-electron chi connectivity index (χ2n) is 3.80. The highest BCUT2D eigenvalue weighted by molar-refractivity contribution is 6.17. The maximum absolute atomic E-state index is 11.9. The Morgan fingerprint density at radius 2 is 2.06 bits per heavy atom. The van der Waals surface area contributed by atoms with Gasteiger partial charge in [0, 0.05) is 11.4 Å². The molecule has 6 heteroatoms. The summed E-state index contributed by atoms with van der Waals surface area (Å²) in [6, 6.07) is 6.91. The van der Waals surface area contributed by atoms with Crippen molar-refractivity contribution in [3.63, 3.8) is 0 Å². The van der Waals surface area contributed by atoms with Gasteiger partial charge in [-0.05, 0) is 17.7 Å². The lowest BCUT2D eigenvalue weighted by atomic mass is 10.1. The van der Waals surface area contributed by atoms with E-state index in [0.717, 1.165) is 10.6 Å². The number of hydrogen-bond donors (Lipinski definition) is 0. The topological polar surface area (TPSA) is 58.9 Å². The first-order valence-electron chi connectivity index (χ1n) is 5.37. The van der Waals surface area contributed by atoms with Gasteiger partial charge in [0.25, 0.3) is 5.91 Å². The minimum atomic E-state index is -0.516. The molecular formula is C12H12ClNO4. The molecule has 96 valence electrons. The van der Waals surface area contributed by atoms with Crippen LogP contribution in [-0.4, -0.2) is 30.3 Å². The molecule has 1 aliphatic rings. The van der Waals surface area contributed by atoms with Gasteiger partial charge in [-0.15, -0.1) is 11.6 Å². The molecule has 1 aromatic carbocycles. The number of carbonyl (C=O) groups is 2. The van der Waals surface area contributed by atoms with E-state index in [4.69, 9.17) is 16.4 Å². The van der Waals surface area contributed by atoms with Crippen molar-refractivity contribution in [3.05, 3.63) is 35.4 Å². The Balaban J connectivity index is 1.94. The predicted octanol–water partition coefficient (Wildman–Crippen LogP) is 1.70. The molecule has 0 aliphatic carbocycles. The molecule has 5 nitrogen and oxygen atoms in total. The number of rotatable bonds is 4. The fourth-order valence-corrected chi connectivity index (χ4v) is 1.67. The third-order valence-electron chi connectivity index (χ3n) is 2.58. The van der Waals surface area contributed by atoms with Crippen molar-refractivity contribution in [2.75, 3.05) is 7.11 Å². The highest BCUT2D eigenvalue weighted by atomic mass is 35.5. The van der Waals surface area contributed by atoms with E-state index in [2.05, 4.69) is 4.74 Å². The number of esters is 1. The van der Waals surface area contributed by atoms with Crippen molar-refractivity contribution in [1.29, 1.82) is 0 Å². The third-order valence-corrected chi connectivity index (χ3v) is 2.88. The van der Waals surface area contributed by atoms with Crippen LogP contribution in [0.1, 0.15) is 22.3 Å². The molecule has 0 radical (unpaired) electrons. The van der Waals surface area contributed by atoms with Gasteiger partial charge in [-0.25, -0.2) is 4.84 Å². The highest BCUT2D eigenvalue weighted by Crippen LogP contribution is 2.26. The van der Waals surface area contributed by atoms with E-state index in [-0.39, 0.29) is 12.3 Å². The third kappa shape index (κ3) is 2.80. The Bertz CT molecular complexity index is 460. The number of alkyl halides is 1. The fourth-order valence-electron chi connectivity index (χ4n) is 1.49. The lowest BCUT2D eigenvalue weighted by Gasteiger charge is -2.01. The van der Waals surface area contributed by atoms with E-state index in [1.165, 1.54) is 7.11 Å². The second kappa shape index (κ2) is 5.37. The highest BCUT2D eigenvalue weighted by Gasteiger charge is 2.43. The monoisotopic (exact) mass is 269 g/mol. The molecule has 1 unspecified atom stereocenters. The van der Waals surface area contributed by atoms with E-state index in [0.29, 0.717) is 11.4 Å². The first kappa shape index (κ1) is 12.9. The average Bonchev–Trinajstić information content (AvgIpc) is 3.17. The largest absolute Gasteiger partial charge is 0.469 e. The Labute approximate surface area is 109 Å². The lowest BCUT2D eigenvalue weighted by Crippen LogP contribution is -2.16. The minimum Gasteiger partial charge on any atom is -0.469 e. The van der Waals surface area contributed by atoms with Gasteiger partial charge in [0.2, 0.25) is 0 Å². The summed E-state index contributed by atoms with van der Waals surface area (Å²) in [7, 11) is 1.29. The van der Waals surface area contributed by atoms with Gasteiger partial charge >= 0.3 is 5.97 Å². The van der Waals surface area contributed by atoms with Crippen molar-refractivity contribution in [3.8, 4) is 0 Å². The summed E-state index contributed by atoms with van der Waals surface area (Å²) in [6.07, 6.45) is -0.472. The van der Waals surface area contributed by atoms with Crippen molar-refractivity contribution in [2.24, 2.45) is 0 Å². The summed E-state index contributed by atoms with van der Waals surface area (Å²) in [5.74, 6) is -0.280. The summed E-state index contributed by atoms with van der Waals surface area (Å²) in [5, 5.41) is 1.16. The summed E-state index contributed by atoms with van der Waals surface area (Å²) >= 11 is 5.66. The zero-order valence-electron chi connectivity index (χ0n) is 9.76. The molecule has 1 fully saturated rings. The van der Waals surface area contributed by atoms with Crippen molar-refractivity contribution < 1.29 is 19.2 Å². The smallest absolute Gasteiger partial charge is 0.310 e. The van der Waals surface area contributed by atoms with Crippen LogP contribution in [0.4, 0.5) is 0 Å². The van der Waals surface area contributed by atoms with Crippen LogP contribution in [0.2, 0.25) is 0 Å². The summed E-state index contributed by atoms with van der Waals surface area (Å²) in [6.45, 7) is 0. The molecule has 0 saturated carbocycles. The Morgan fingerprint density at radius 1 is 1.39 bits per heavy atom. The summed E-state index contributed by atoms with van der Waals surface area (Å²) in [4.78, 5) is 27.9. The molecule has 18 heavy (non-hydrogen) atoms. The average molecular weight is 270 g/mol. The van der Waals surface area contributed by atoms with Crippen LogP contribution in [0.25, 0.3) is 0 Å². The number of ether oxygens (including phenoxy) is 1. The number of amides is 1. The van der Waals surface area contributed by atoms with Crippen molar-refractivity contribution >= 4 is 23.5 Å². The normalized spacial score (nSPS) is 17.4. The van der Waals surface area contributed by atoms with Gasteiger partial charge in [0.05, 0.1) is 13.5 Å². The Morgan fingerprint density at radius 3 is 2.61 bits per heavy atom. The van der Waals surface area contributed by atoms with Crippen LogP contribution in [-0.2, 0) is 20.2 Å². The molecule has 0 aromatic heterocycles. The SMILES string of the molecule is COC(=O)CC1ON1C(=O)c1ccc(CCl)cc1. The molecular weight excluding hydrogens is 258 g/mol. The van der Waals surface area contributed by atoms with Gasteiger partial charge in [0.1, 0.15) is 0 Å². The van der Waals surface area contributed by atoms with E-state index >= 15 is 0 Å². The molecule has 1 aromatic rings. The molecule has 1 amide bonds. The van der Waals surface area contributed by atoms with E-state index in [1.807, 2.05) is 0 Å². The first-order valence-corrected chi connectivity index (χ1v) is 5.91. The maximum Gasteiger partial charge on any atom is 0.310 e. The molecule has 1 heterocycles. The quantitative estimate of drug-likeness (QED) is 0.474.